The third-order valence-corrected chi connectivity index (χ3v) is 4.08. The average molecular weight is 253 g/mol. The lowest BCUT2D eigenvalue weighted by molar-refractivity contribution is -0.123. The van der Waals surface area contributed by atoms with Crippen LogP contribution in [0.5, 0.6) is 0 Å². The Morgan fingerprint density at radius 3 is 3.00 bits per heavy atom. The van der Waals surface area contributed by atoms with Crippen molar-refractivity contribution in [3.05, 3.63) is 0 Å². The molecule has 4 heteroatoms. The number of piperidine rings is 1. The van der Waals surface area contributed by atoms with Crippen LogP contribution in [0.15, 0.2) is 0 Å². The Kier molecular flexibility index (Phi) is 5.45. The van der Waals surface area contributed by atoms with Gasteiger partial charge in [0.1, 0.15) is 0 Å². The number of nitrogens with zero attached hydrogens (tertiary/aromatic N) is 1. The molecule has 2 aliphatic rings. The van der Waals surface area contributed by atoms with Crippen LogP contribution in [0.2, 0.25) is 0 Å². The monoisotopic (exact) mass is 253 g/mol. The predicted molar refractivity (Wildman–Crippen MR) is 73.5 cm³/mol. The zero-order valence-electron chi connectivity index (χ0n) is 11.6. The highest BCUT2D eigenvalue weighted by atomic mass is 16.2. The predicted octanol–water partition coefficient (Wildman–Crippen LogP) is 0.977. The molecule has 0 spiro atoms. The first kappa shape index (κ1) is 13.8. The van der Waals surface area contributed by atoms with Crippen molar-refractivity contribution in [3.63, 3.8) is 0 Å². The molecule has 0 aromatic heterocycles. The summed E-state index contributed by atoms with van der Waals surface area (Å²) < 4.78 is 0. The highest BCUT2D eigenvalue weighted by molar-refractivity contribution is 5.81. The first-order valence-electron chi connectivity index (χ1n) is 7.53. The SMILES string of the molecule is CCCN1CCCC(CNC(=O)C2CCCN2)C1. The third kappa shape index (κ3) is 3.95. The smallest absolute Gasteiger partial charge is 0.237 e. The Balaban J connectivity index is 1.67. The third-order valence-electron chi connectivity index (χ3n) is 4.08. The molecule has 104 valence electrons. The van der Waals surface area contributed by atoms with Crippen molar-refractivity contribution in [2.75, 3.05) is 32.7 Å². The summed E-state index contributed by atoms with van der Waals surface area (Å²) >= 11 is 0. The van der Waals surface area contributed by atoms with E-state index in [0.29, 0.717) is 5.92 Å². The molecule has 0 saturated carbocycles. The zero-order valence-corrected chi connectivity index (χ0v) is 11.6. The highest BCUT2D eigenvalue weighted by Gasteiger charge is 2.24. The van der Waals surface area contributed by atoms with Gasteiger partial charge in [-0.3, -0.25) is 4.79 Å². The van der Waals surface area contributed by atoms with E-state index in [9.17, 15) is 4.79 Å². The minimum absolute atomic E-state index is 0.0698. The van der Waals surface area contributed by atoms with Gasteiger partial charge in [-0.05, 0) is 57.7 Å². The van der Waals surface area contributed by atoms with Gasteiger partial charge in [0.05, 0.1) is 6.04 Å². The van der Waals surface area contributed by atoms with E-state index in [2.05, 4.69) is 22.5 Å². The van der Waals surface area contributed by atoms with Crippen molar-refractivity contribution in [1.29, 1.82) is 0 Å². The number of likely N-dealkylation sites (tertiary alicyclic amines) is 1. The summed E-state index contributed by atoms with van der Waals surface area (Å²) in [6.45, 7) is 7.68. The van der Waals surface area contributed by atoms with Gasteiger partial charge in [0.25, 0.3) is 0 Å². The molecule has 2 rings (SSSR count). The van der Waals surface area contributed by atoms with Crippen LogP contribution in [0.1, 0.15) is 39.0 Å². The van der Waals surface area contributed by atoms with Crippen LogP contribution < -0.4 is 10.6 Å². The Bertz CT molecular complexity index is 262. The molecule has 1 amide bonds. The fraction of sp³-hybridized carbons (Fsp3) is 0.929. The Hall–Kier alpha value is -0.610. The van der Waals surface area contributed by atoms with Gasteiger partial charge in [0.15, 0.2) is 0 Å². The van der Waals surface area contributed by atoms with E-state index in [1.54, 1.807) is 0 Å². The summed E-state index contributed by atoms with van der Waals surface area (Å²) in [5.41, 5.74) is 0. The van der Waals surface area contributed by atoms with Crippen molar-refractivity contribution >= 4 is 5.91 Å². The second kappa shape index (κ2) is 7.10. The van der Waals surface area contributed by atoms with Crippen LogP contribution >= 0.6 is 0 Å². The van der Waals surface area contributed by atoms with Gasteiger partial charge in [0.2, 0.25) is 5.91 Å². The standard InChI is InChI=1S/C14H27N3O/c1-2-8-17-9-4-5-12(11-17)10-16-14(18)13-6-3-7-15-13/h12-13,15H,2-11H2,1H3,(H,16,18). The molecule has 2 unspecified atom stereocenters. The van der Waals surface area contributed by atoms with E-state index in [0.717, 1.165) is 32.5 Å². The molecule has 2 saturated heterocycles. The first-order chi connectivity index (χ1) is 8.79. The maximum atomic E-state index is 11.9. The summed E-state index contributed by atoms with van der Waals surface area (Å²) in [5, 5.41) is 6.38. The van der Waals surface area contributed by atoms with Gasteiger partial charge in [-0.25, -0.2) is 0 Å². The molecule has 2 N–H and O–H groups in total. The topological polar surface area (TPSA) is 44.4 Å². The van der Waals surface area contributed by atoms with Crippen molar-refractivity contribution < 1.29 is 4.79 Å². The summed E-state index contributed by atoms with van der Waals surface area (Å²) in [4.78, 5) is 14.4. The van der Waals surface area contributed by atoms with Crippen molar-refractivity contribution in [2.24, 2.45) is 5.92 Å². The summed E-state index contributed by atoms with van der Waals surface area (Å²) in [5.74, 6) is 0.857. The molecule has 4 nitrogen and oxygen atoms in total. The number of amides is 1. The van der Waals surface area contributed by atoms with Crippen LogP contribution in [0.25, 0.3) is 0 Å². The van der Waals surface area contributed by atoms with Gasteiger partial charge in [-0.15, -0.1) is 0 Å². The fourth-order valence-electron chi connectivity index (χ4n) is 3.11. The molecule has 0 aromatic rings. The maximum absolute atomic E-state index is 11.9. The van der Waals surface area contributed by atoms with Gasteiger partial charge in [-0.2, -0.15) is 0 Å². The number of carbonyl (C=O) groups is 1. The number of hydrogen-bond acceptors (Lipinski definition) is 3. The van der Waals surface area contributed by atoms with Crippen LogP contribution in [0.3, 0.4) is 0 Å². The number of nitrogens with one attached hydrogen (secondary N) is 2. The number of rotatable bonds is 5. The van der Waals surface area contributed by atoms with E-state index in [1.165, 1.54) is 32.4 Å². The first-order valence-corrected chi connectivity index (χ1v) is 7.53. The lowest BCUT2D eigenvalue weighted by Crippen LogP contribution is -2.45. The largest absolute Gasteiger partial charge is 0.354 e. The average Bonchev–Trinajstić information content (AvgIpc) is 2.91. The van der Waals surface area contributed by atoms with Crippen molar-refractivity contribution in [1.82, 2.24) is 15.5 Å². The fourth-order valence-corrected chi connectivity index (χ4v) is 3.11. The second-order valence-corrected chi connectivity index (χ2v) is 5.70. The van der Waals surface area contributed by atoms with E-state index < -0.39 is 0 Å². The molecule has 0 radical (unpaired) electrons. The molecule has 2 fully saturated rings. The van der Waals surface area contributed by atoms with Crippen LogP contribution in [-0.4, -0.2) is 49.6 Å². The Morgan fingerprint density at radius 1 is 1.39 bits per heavy atom. The lowest BCUT2D eigenvalue weighted by Gasteiger charge is -2.32. The molecule has 18 heavy (non-hydrogen) atoms. The van der Waals surface area contributed by atoms with E-state index in [4.69, 9.17) is 0 Å². The quantitative estimate of drug-likeness (QED) is 0.767. The lowest BCUT2D eigenvalue weighted by atomic mass is 9.97. The van der Waals surface area contributed by atoms with Crippen molar-refractivity contribution in [3.8, 4) is 0 Å². The molecular formula is C14H27N3O. The van der Waals surface area contributed by atoms with E-state index >= 15 is 0 Å². The minimum Gasteiger partial charge on any atom is -0.354 e. The Labute approximate surface area is 110 Å². The van der Waals surface area contributed by atoms with Crippen LogP contribution in [-0.2, 0) is 4.79 Å². The van der Waals surface area contributed by atoms with E-state index in [1.807, 2.05) is 0 Å². The molecular weight excluding hydrogens is 226 g/mol. The van der Waals surface area contributed by atoms with Gasteiger partial charge < -0.3 is 15.5 Å². The highest BCUT2D eigenvalue weighted by Crippen LogP contribution is 2.16. The maximum Gasteiger partial charge on any atom is 0.237 e. The number of carbonyl (C=O) groups excluding carboxylic acids is 1. The molecule has 0 aliphatic carbocycles. The van der Waals surface area contributed by atoms with Crippen molar-refractivity contribution in [2.45, 2.75) is 45.1 Å². The summed E-state index contributed by atoms with van der Waals surface area (Å²) in [6, 6.07) is 0.0698. The molecule has 0 bridgehead atoms. The molecule has 2 aliphatic heterocycles. The minimum atomic E-state index is 0.0698. The summed E-state index contributed by atoms with van der Waals surface area (Å²) in [7, 11) is 0. The summed E-state index contributed by atoms with van der Waals surface area (Å²) in [6.07, 6.45) is 5.90. The normalized spacial score (nSPS) is 29.4. The molecule has 2 atom stereocenters. The van der Waals surface area contributed by atoms with E-state index in [-0.39, 0.29) is 11.9 Å². The van der Waals surface area contributed by atoms with Gasteiger partial charge in [0, 0.05) is 13.1 Å². The number of hydrogen-bond donors (Lipinski definition) is 2. The Morgan fingerprint density at radius 2 is 2.28 bits per heavy atom. The van der Waals surface area contributed by atoms with Crippen LogP contribution in [0.4, 0.5) is 0 Å². The zero-order chi connectivity index (χ0) is 12.8. The molecule has 2 heterocycles. The second-order valence-electron chi connectivity index (χ2n) is 5.70. The van der Waals surface area contributed by atoms with Crippen LogP contribution in [0, 0.1) is 5.92 Å². The molecule has 0 aromatic carbocycles. The van der Waals surface area contributed by atoms with Gasteiger partial charge in [-0.1, -0.05) is 6.92 Å². The van der Waals surface area contributed by atoms with Gasteiger partial charge >= 0.3 is 0 Å².